The zero-order valence-corrected chi connectivity index (χ0v) is 15.0. The van der Waals surface area contributed by atoms with E-state index in [-0.39, 0.29) is 21.2 Å². The molecule has 1 aliphatic carbocycles. The molecule has 2 heterocycles. The van der Waals surface area contributed by atoms with Gasteiger partial charge < -0.3 is 0 Å². The van der Waals surface area contributed by atoms with Crippen molar-refractivity contribution in [3.05, 3.63) is 32.0 Å². The third-order valence-corrected chi connectivity index (χ3v) is 6.41. The van der Waals surface area contributed by atoms with Gasteiger partial charge in [-0.2, -0.15) is 0 Å². The SMILES string of the molecule is C1=C[I-]C=CC(CCO[C@H]2CCCCC2N2CCCC2)=C1. The van der Waals surface area contributed by atoms with Crippen LogP contribution in [-0.4, -0.2) is 36.7 Å². The van der Waals surface area contributed by atoms with Crippen LogP contribution in [0.2, 0.25) is 0 Å². The number of hydrogen-bond donors (Lipinski definition) is 0. The van der Waals surface area contributed by atoms with Crippen molar-refractivity contribution < 1.29 is 25.9 Å². The molecule has 1 saturated heterocycles. The monoisotopic (exact) mass is 400 g/mol. The molecule has 0 aromatic heterocycles. The molecule has 1 saturated carbocycles. The molecule has 3 aliphatic rings. The number of hydrogen-bond acceptors (Lipinski definition) is 2. The molecule has 1 unspecified atom stereocenters. The second-order valence-electron chi connectivity index (χ2n) is 6.23. The van der Waals surface area contributed by atoms with E-state index in [9.17, 15) is 0 Å². The van der Waals surface area contributed by atoms with Gasteiger partial charge in [0.1, 0.15) is 0 Å². The minimum absolute atomic E-state index is 0.157. The van der Waals surface area contributed by atoms with Crippen LogP contribution in [0, 0.1) is 0 Å². The molecule has 0 aromatic rings. The number of likely N-dealkylation sites (tertiary alicyclic amines) is 1. The molecule has 0 amide bonds. The van der Waals surface area contributed by atoms with Gasteiger partial charge in [0.25, 0.3) is 0 Å². The second kappa shape index (κ2) is 8.49. The Labute approximate surface area is 139 Å². The molecular formula is C18H27INO-. The fourth-order valence-electron chi connectivity index (χ4n) is 3.67. The van der Waals surface area contributed by atoms with Crippen molar-refractivity contribution in [1.29, 1.82) is 0 Å². The van der Waals surface area contributed by atoms with Crippen molar-refractivity contribution >= 4 is 0 Å². The number of allylic oxidation sites excluding steroid dienone is 3. The number of ether oxygens (including phenoxy) is 1. The summed E-state index contributed by atoms with van der Waals surface area (Å²) >= 11 is 0.157. The summed E-state index contributed by atoms with van der Waals surface area (Å²) < 4.78 is 11.0. The first-order valence-corrected chi connectivity index (χ1v) is 10.9. The van der Waals surface area contributed by atoms with E-state index in [0.717, 1.165) is 13.0 Å². The fraction of sp³-hybridized carbons (Fsp3) is 0.667. The molecule has 2 aliphatic heterocycles. The van der Waals surface area contributed by atoms with Crippen molar-refractivity contribution in [3.8, 4) is 0 Å². The molecule has 0 bridgehead atoms. The van der Waals surface area contributed by atoms with E-state index in [2.05, 4.69) is 31.3 Å². The Morgan fingerprint density at radius 1 is 1.10 bits per heavy atom. The molecule has 21 heavy (non-hydrogen) atoms. The van der Waals surface area contributed by atoms with Crippen molar-refractivity contribution in [1.82, 2.24) is 4.90 Å². The molecule has 0 N–H and O–H groups in total. The molecule has 2 fully saturated rings. The van der Waals surface area contributed by atoms with Gasteiger partial charge in [0.15, 0.2) is 0 Å². The van der Waals surface area contributed by atoms with Crippen LogP contribution in [0.4, 0.5) is 0 Å². The van der Waals surface area contributed by atoms with E-state index >= 15 is 0 Å². The van der Waals surface area contributed by atoms with E-state index < -0.39 is 0 Å². The maximum absolute atomic E-state index is 6.32. The first kappa shape index (κ1) is 15.8. The molecule has 0 radical (unpaired) electrons. The molecule has 3 heteroatoms. The van der Waals surface area contributed by atoms with Gasteiger partial charge in [-0.1, -0.05) is 0 Å². The molecule has 2 atom stereocenters. The van der Waals surface area contributed by atoms with Crippen LogP contribution in [0.1, 0.15) is 44.9 Å². The third kappa shape index (κ3) is 4.67. The van der Waals surface area contributed by atoms with Crippen molar-refractivity contribution in [2.75, 3.05) is 19.7 Å². The van der Waals surface area contributed by atoms with Gasteiger partial charge in [0.2, 0.25) is 0 Å². The Kier molecular flexibility index (Phi) is 6.37. The van der Waals surface area contributed by atoms with Gasteiger partial charge in [0.05, 0.1) is 0 Å². The average Bonchev–Trinajstić information content (AvgIpc) is 2.93. The van der Waals surface area contributed by atoms with Gasteiger partial charge >= 0.3 is 140 Å². The predicted octanol–water partition coefficient (Wildman–Crippen LogP) is 0.857. The normalized spacial score (nSPS) is 30.8. The van der Waals surface area contributed by atoms with Crippen LogP contribution in [0.3, 0.4) is 0 Å². The van der Waals surface area contributed by atoms with Crippen molar-refractivity contribution in [2.45, 2.75) is 57.1 Å². The molecular weight excluding hydrogens is 373 g/mol. The molecule has 2 nitrogen and oxygen atoms in total. The van der Waals surface area contributed by atoms with Crippen LogP contribution >= 0.6 is 0 Å². The van der Waals surface area contributed by atoms with Crippen LogP contribution in [0.5, 0.6) is 0 Å². The maximum atomic E-state index is 6.32. The van der Waals surface area contributed by atoms with E-state index in [1.165, 1.54) is 57.2 Å². The van der Waals surface area contributed by atoms with Crippen molar-refractivity contribution in [3.63, 3.8) is 0 Å². The minimum atomic E-state index is 0.157. The third-order valence-electron chi connectivity index (χ3n) is 4.81. The first-order chi connectivity index (χ1) is 10.4. The zero-order valence-electron chi connectivity index (χ0n) is 12.8. The average molecular weight is 400 g/mol. The first-order valence-electron chi connectivity index (χ1n) is 8.43. The Morgan fingerprint density at radius 3 is 2.86 bits per heavy atom. The molecule has 0 aromatic carbocycles. The molecule has 118 valence electrons. The fourth-order valence-corrected chi connectivity index (χ4v) is 5.03. The zero-order chi connectivity index (χ0) is 14.3. The van der Waals surface area contributed by atoms with Crippen LogP contribution < -0.4 is 21.2 Å². The van der Waals surface area contributed by atoms with Gasteiger partial charge in [-0.05, 0) is 0 Å². The summed E-state index contributed by atoms with van der Waals surface area (Å²) in [7, 11) is 0. The van der Waals surface area contributed by atoms with Gasteiger partial charge in [-0.3, -0.25) is 0 Å². The van der Waals surface area contributed by atoms with Gasteiger partial charge in [-0.15, -0.1) is 0 Å². The number of rotatable bonds is 5. The van der Waals surface area contributed by atoms with E-state index in [1.807, 2.05) is 0 Å². The quantitative estimate of drug-likeness (QED) is 0.635. The van der Waals surface area contributed by atoms with E-state index in [0.29, 0.717) is 12.1 Å². The summed E-state index contributed by atoms with van der Waals surface area (Å²) in [4.78, 5) is 2.70. The van der Waals surface area contributed by atoms with Gasteiger partial charge in [-0.25, -0.2) is 0 Å². The van der Waals surface area contributed by atoms with E-state index in [1.54, 1.807) is 0 Å². The Hall–Kier alpha value is -0.130. The summed E-state index contributed by atoms with van der Waals surface area (Å²) in [6.07, 6.45) is 16.4. The summed E-state index contributed by atoms with van der Waals surface area (Å²) in [5.41, 5.74) is 1.43. The van der Waals surface area contributed by atoms with Gasteiger partial charge in [0, 0.05) is 0 Å². The van der Waals surface area contributed by atoms with Crippen LogP contribution in [-0.2, 0) is 4.74 Å². The van der Waals surface area contributed by atoms with Crippen molar-refractivity contribution in [2.24, 2.45) is 0 Å². The Morgan fingerprint density at radius 2 is 1.95 bits per heavy atom. The summed E-state index contributed by atoms with van der Waals surface area (Å²) in [5.74, 6) is 0. The summed E-state index contributed by atoms with van der Waals surface area (Å²) in [6, 6.07) is 0.700. The number of halogens is 1. The number of nitrogens with zero attached hydrogens (tertiary/aromatic N) is 1. The van der Waals surface area contributed by atoms with E-state index in [4.69, 9.17) is 4.74 Å². The Bertz CT molecular complexity index is 409. The topological polar surface area (TPSA) is 12.5 Å². The standard InChI is InChI=1S/C18H27INO/c1-2-8-18(17(7-1)20-13-3-4-14-20)21-15-10-16-6-5-11-19-12-9-16/h5-6,9,11-12,17-18H,1-4,7-8,10,13-15H2/q-1/t17?,18-/m0/s1. The molecule has 3 rings (SSSR count). The van der Waals surface area contributed by atoms with Crippen LogP contribution in [0.15, 0.2) is 32.0 Å². The molecule has 0 spiro atoms. The second-order valence-corrected chi connectivity index (χ2v) is 8.39. The predicted molar refractivity (Wildman–Crippen MR) is 83.8 cm³/mol. The summed E-state index contributed by atoms with van der Waals surface area (Å²) in [6.45, 7) is 3.48. The summed E-state index contributed by atoms with van der Waals surface area (Å²) in [5, 5.41) is 0. The van der Waals surface area contributed by atoms with Crippen LogP contribution in [0.25, 0.3) is 0 Å². The Balaban J connectivity index is 1.48.